The summed E-state index contributed by atoms with van der Waals surface area (Å²) in [7, 11) is 0. The first-order chi connectivity index (χ1) is 16.4. The number of fused-ring (bicyclic) bond motifs is 1. The molecule has 3 heterocycles. The van der Waals surface area contributed by atoms with Gasteiger partial charge < -0.3 is 19.5 Å². The number of non-ortho nitro benzene ring substituents is 1. The Labute approximate surface area is 192 Å². The third kappa shape index (κ3) is 3.60. The zero-order valence-electron chi connectivity index (χ0n) is 17.6. The monoisotopic (exact) mass is 459 g/mol. The van der Waals surface area contributed by atoms with Crippen molar-refractivity contribution in [1.29, 1.82) is 0 Å². The molecule has 170 valence electrons. The predicted octanol–water partition coefficient (Wildman–Crippen LogP) is 3.34. The van der Waals surface area contributed by atoms with Gasteiger partial charge >= 0.3 is 0 Å². The number of nitro benzene ring substituents is 1. The van der Waals surface area contributed by atoms with Crippen LogP contribution in [0, 0.1) is 10.1 Å². The third-order valence-corrected chi connectivity index (χ3v) is 5.66. The summed E-state index contributed by atoms with van der Waals surface area (Å²) in [5.74, 6) is -1.26. The van der Waals surface area contributed by atoms with Crippen LogP contribution in [0.15, 0.2) is 72.6 Å². The van der Waals surface area contributed by atoms with Crippen molar-refractivity contribution in [3.63, 3.8) is 0 Å². The minimum atomic E-state index is -1.05. The van der Waals surface area contributed by atoms with E-state index in [-0.39, 0.29) is 30.2 Å². The predicted molar refractivity (Wildman–Crippen MR) is 118 cm³/mol. The van der Waals surface area contributed by atoms with Crippen LogP contribution in [0.5, 0.6) is 11.5 Å². The number of aliphatic hydroxyl groups is 1. The summed E-state index contributed by atoms with van der Waals surface area (Å²) < 4.78 is 10.6. The van der Waals surface area contributed by atoms with E-state index < -0.39 is 28.4 Å². The lowest BCUT2D eigenvalue weighted by Crippen LogP contribution is -2.29. The molecular formula is C24H17N3O7. The fourth-order valence-electron chi connectivity index (χ4n) is 4.09. The molecule has 10 heteroatoms. The second kappa shape index (κ2) is 8.32. The van der Waals surface area contributed by atoms with E-state index in [4.69, 9.17) is 9.47 Å². The van der Waals surface area contributed by atoms with E-state index in [1.165, 1.54) is 29.2 Å². The molecule has 0 bridgehead atoms. The van der Waals surface area contributed by atoms with Crippen LogP contribution in [0.4, 0.5) is 5.69 Å². The summed E-state index contributed by atoms with van der Waals surface area (Å²) in [5, 5.41) is 22.5. The average Bonchev–Trinajstić information content (AvgIpc) is 3.42. The van der Waals surface area contributed by atoms with Gasteiger partial charge in [0.05, 0.1) is 16.5 Å². The molecule has 0 aliphatic carbocycles. The summed E-state index contributed by atoms with van der Waals surface area (Å²) in [6, 6.07) is 12.7. The van der Waals surface area contributed by atoms with Gasteiger partial charge in [0.15, 0.2) is 11.5 Å². The zero-order chi connectivity index (χ0) is 23.8. The number of hydrogen-bond acceptors (Lipinski definition) is 8. The van der Waals surface area contributed by atoms with Gasteiger partial charge in [0.2, 0.25) is 6.79 Å². The van der Waals surface area contributed by atoms with Crippen molar-refractivity contribution in [2.45, 2.75) is 12.6 Å². The number of aliphatic hydroxyl groups excluding tert-OH is 1. The molecule has 1 unspecified atom stereocenters. The maximum absolute atomic E-state index is 13.1. The van der Waals surface area contributed by atoms with Crippen molar-refractivity contribution >= 4 is 23.1 Å². The van der Waals surface area contributed by atoms with Gasteiger partial charge in [-0.25, -0.2) is 0 Å². The number of aromatic nitrogens is 1. The average molecular weight is 459 g/mol. The fraction of sp³-hybridized carbons (Fsp3) is 0.125. The van der Waals surface area contributed by atoms with Crippen LogP contribution in [0.1, 0.15) is 22.7 Å². The molecule has 0 saturated carbocycles. The van der Waals surface area contributed by atoms with Gasteiger partial charge in [-0.1, -0.05) is 18.2 Å². The van der Waals surface area contributed by atoms with Crippen LogP contribution in [0.3, 0.4) is 0 Å². The van der Waals surface area contributed by atoms with Crippen molar-refractivity contribution < 1.29 is 29.1 Å². The smallest absolute Gasteiger partial charge is 0.295 e. The van der Waals surface area contributed by atoms with Gasteiger partial charge in [-0.05, 0) is 35.4 Å². The first-order valence-electron chi connectivity index (χ1n) is 10.3. The van der Waals surface area contributed by atoms with Gasteiger partial charge in [0.1, 0.15) is 5.76 Å². The molecule has 34 heavy (non-hydrogen) atoms. The normalized spacial score (nSPS) is 18.4. The van der Waals surface area contributed by atoms with E-state index in [9.17, 15) is 24.8 Å². The standard InChI is InChI=1S/C24H17N3O7/c28-22(16-6-7-18-19(10-16)34-13-33-18)20-21(15-4-1-5-17(9-15)27(31)32)26(24(30)23(20)29)12-14-3-2-8-25-11-14/h1-11,21,28H,12-13H2/b22-20+. The van der Waals surface area contributed by atoms with Crippen LogP contribution in [0.25, 0.3) is 5.76 Å². The van der Waals surface area contributed by atoms with Crippen LogP contribution in [-0.2, 0) is 16.1 Å². The molecule has 1 amide bonds. The SMILES string of the molecule is O=C1C(=O)N(Cc2cccnc2)C(c2cccc([N+](=O)[O-])c2)/C1=C(\O)c1ccc2c(c1)OCO2. The fourth-order valence-corrected chi connectivity index (χ4v) is 4.09. The quantitative estimate of drug-likeness (QED) is 0.202. The summed E-state index contributed by atoms with van der Waals surface area (Å²) >= 11 is 0. The minimum Gasteiger partial charge on any atom is -0.507 e. The molecule has 1 atom stereocenters. The lowest BCUT2D eigenvalue weighted by molar-refractivity contribution is -0.384. The number of benzene rings is 2. The van der Waals surface area contributed by atoms with Crippen LogP contribution >= 0.6 is 0 Å². The van der Waals surface area contributed by atoms with E-state index in [0.29, 0.717) is 22.6 Å². The van der Waals surface area contributed by atoms with E-state index in [0.717, 1.165) is 0 Å². The second-order valence-corrected chi connectivity index (χ2v) is 7.71. The Morgan fingerprint density at radius 2 is 1.94 bits per heavy atom. The number of pyridine rings is 1. The molecule has 10 nitrogen and oxygen atoms in total. The topological polar surface area (TPSA) is 132 Å². The molecule has 2 aromatic carbocycles. The molecule has 2 aliphatic rings. The number of hydrogen-bond donors (Lipinski definition) is 1. The van der Waals surface area contributed by atoms with Crippen molar-refractivity contribution in [3.05, 3.63) is 99.4 Å². The van der Waals surface area contributed by atoms with Gasteiger partial charge in [0, 0.05) is 36.6 Å². The molecule has 1 fully saturated rings. The number of nitrogens with zero attached hydrogens (tertiary/aromatic N) is 3. The number of rotatable bonds is 5. The highest BCUT2D eigenvalue weighted by Crippen LogP contribution is 2.42. The van der Waals surface area contributed by atoms with E-state index in [2.05, 4.69) is 4.98 Å². The highest BCUT2D eigenvalue weighted by molar-refractivity contribution is 6.46. The minimum absolute atomic E-state index is 0.0176. The molecule has 2 aliphatic heterocycles. The highest BCUT2D eigenvalue weighted by atomic mass is 16.7. The number of ketones is 1. The molecule has 1 aromatic heterocycles. The van der Waals surface area contributed by atoms with Gasteiger partial charge in [-0.2, -0.15) is 0 Å². The van der Waals surface area contributed by atoms with Crippen molar-refractivity contribution in [2.24, 2.45) is 0 Å². The Kier molecular flexibility index (Phi) is 5.17. The maximum atomic E-state index is 13.1. The second-order valence-electron chi connectivity index (χ2n) is 7.71. The van der Waals surface area contributed by atoms with E-state index in [1.54, 1.807) is 42.7 Å². The van der Waals surface area contributed by atoms with E-state index in [1.807, 2.05) is 0 Å². The largest absolute Gasteiger partial charge is 0.507 e. The molecule has 0 radical (unpaired) electrons. The first-order valence-corrected chi connectivity index (χ1v) is 10.3. The first kappa shape index (κ1) is 21.1. The van der Waals surface area contributed by atoms with Crippen LogP contribution in [0.2, 0.25) is 0 Å². The number of carbonyl (C=O) groups excluding carboxylic acids is 2. The summed E-state index contributed by atoms with van der Waals surface area (Å²) in [4.78, 5) is 42.4. The van der Waals surface area contributed by atoms with Crippen molar-refractivity contribution in [3.8, 4) is 11.5 Å². The Hall–Kier alpha value is -4.73. The number of likely N-dealkylation sites (tertiary alicyclic amines) is 1. The Bertz CT molecular complexity index is 1350. The lowest BCUT2D eigenvalue weighted by atomic mass is 9.94. The third-order valence-electron chi connectivity index (χ3n) is 5.66. The number of Topliss-reactive ketones (excluding diaryl/α,β-unsaturated/α-hetero) is 1. The summed E-state index contributed by atoms with van der Waals surface area (Å²) in [6.07, 6.45) is 3.14. The summed E-state index contributed by atoms with van der Waals surface area (Å²) in [5.41, 5.74) is 0.849. The van der Waals surface area contributed by atoms with Crippen molar-refractivity contribution in [1.82, 2.24) is 9.88 Å². The molecule has 3 aromatic rings. The number of amides is 1. The zero-order valence-corrected chi connectivity index (χ0v) is 17.6. The van der Waals surface area contributed by atoms with Crippen molar-refractivity contribution in [2.75, 3.05) is 6.79 Å². The maximum Gasteiger partial charge on any atom is 0.295 e. The Morgan fingerprint density at radius 3 is 2.71 bits per heavy atom. The molecular weight excluding hydrogens is 442 g/mol. The van der Waals surface area contributed by atoms with Gasteiger partial charge in [-0.3, -0.25) is 24.7 Å². The number of nitro groups is 1. The van der Waals surface area contributed by atoms with E-state index >= 15 is 0 Å². The Morgan fingerprint density at radius 1 is 1.12 bits per heavy atom. The lowest BCUT2D eigenvalue weighted by Gasteiger charge is -2.25. The van der Waals surface area contributed by atoms with Gasteiger partial charge in [-0.15, -0.1) is 0 Å². The molecule has 5 rings (SSSR count). The molecule has 1 saturated heterocycles. The summed E-state index contributed by atoms with van der Waals surface area (Å²) in [6.45, 7) is 0.0480. The number of carbonyl (C=O) groups is 2. The number of ether oxygens (including phenoxy) is 2. The molecule has 0 spiro atoms. The highest BCUT2D eigenvalue weighted by Gasteiger charge is 2.46. The van der Waals surface area contributed by atoms with Crippen LogP contribution < -0.4 is 9.47 Å². The van der Waals surface area contributed by atoms with Gasteiger partial charge in [0.25, 0.3) is 17.4 Å². The molecule has 1 N–H and O–H groups in total. The Balaban J connectivity index is 1.66. The van der Waals surface area contributed by atoms with Crippen LogP contribution in [-0.4, -0.2) is 38.4 Å².